The second-order valence-corrected chi connectivity index (χ2v) is 20.7. The quantitative estimate of drug-likeness (QED) is 0.0481. The lowest BCUT2D eigenvalue weighted by molar-refractivity contribution is -0.385. The molecular formula is C46H49N5O8Si. The zero-order valence-corrected chi connectivity index (χ0v) is 35.0. The van der Waals surface area contributed by atoms with Crippen LogP contribution in [-0.4, -0.2) is 67.1 Å². The van der Waals surface area contributed by atoms with Crippen LogP contribution in [0.4, 0.5) is 22.7 Å². The van der Waals surface area contributed by atoms with Crippen LogP contribution < -0.4 is 25.9 Å². The van der Waals surface area contributed by atoms with E-state index in [9.17, 15) is 24.8 Å². The first kappa shape index (κ1) is 41.8. The minimum atomic E-state index is -2.67. The number of hydrogen-bond donors (Lipinski definition) is 3. The topological polar surface area (TPSA) is 178 Å². The number of fused-ring (bicyclic) bond motifs is 2. The van der Waals surface area contributed by atoms with Crippen molar-refractivity contribution in [1.29, 1.82) is 0 Å². The summed E-state index contributed by atoms with van der Waals surface area (Å²) in [5.74, 6) is -0.739. The van der Waals surface area contributed by atoms with Crippen LogP contribution >= 0.6 is 0 Å². The smallest absolute Gasteiger partial charge is 0.269 e. The van der Waals surface area contributed by atoms with Crippen LogP contribution in [0, 0.1) is 16.0 Å². The van der Waals surface area contributed by atoms with E-state index in [2.05, 4.69) is 18.4 Å². The molecule has 2 aliphatic heterocycles. The molecule has 7 rings (SSSR count). The molecule has 3 amide bonds. The molecule has 0 saturated carbocycles. The van der Waals surface area contributed by atoms with Gasteiger partial charge in [0.1, 0.15) is 5.75 Å². The van der Waals surface area contributed by atoms with Gasteiger partial charge in [0.2, 0.25) is 5.91 Å². The molecule has 4 atom stereocenters. The number of rotatable bonds is 14. The van der Waals surface area contributed by atoms with E-state index in [-0.39, 0.29) is 61.6 Å². The van der Waals surface area contributed by atoms with Crippen LogP contribution in [0.15, 0.2) is 121 Å². The van der Waals surface area contributed by atoms with E-state index in [1.807, 2.05) is 73.7 Å². The van der Waals surface area contributed by atoms with Crippen LogP contribution in [0.5, 0.6) is 5.75 Å². The first-order valence-corrected chi connectivity index (χ1v) is 23.0. The Labute approximate surface area is 349 Å². The molecule has 0 bridgehead atoms. The third-order valence-corrected chi connectivity index (χ3v) is 16.4. The first-order chi connectivity index (χ1) is 28.8. The molecule has 5 aromatic carbocycles. The van der Waals surface area contributed by atoms with Crippen molar-refractivity contribution in [2.24, 2.45) is 5.92 Å². The van der Waals surface area contributed by atoms with Gasteiger partial charge in [-0.25, -0.2) is 0 Å². The number of amides is 3. The molecule has 310 valence electrons. The number of hydrogen-bond acceptors (Lipinski definition) is 9. The van der Waals surface area contributed by atoms with Crippen molar-refractivity contribution < 1.29 is 33.9 Å². The van der Waals surface area contributed by atoms with Gasteiger partial charge in [-0.1, -0.05) is 79.8 Å². The second kappa shape index (κ2) is 17.1. The van der Waals surface area contributed by atoms with Crippen LogP contribution in [0.25, 0.3) is 0 Å². The summed E-state index contributed by atoms with van der Waals surface area (Å²) < 4.78 is 12.6. The van der Waals surface area contributed by atoms with Gasteiger partial charge in [0.05, 0.1) is 51.5 Å². The van der Waals surface area contributed by atoms with E-state index < -0.39 is 30.6 Å². The lowest BCUT2D eigenvalue weighted by atomic mass is 9.82. The van der Waals surface area contributed by atoms with Crippen molar-refractivity contribution >= 4 is 53.7 Å². The van der Waals surface area contributed by atoms with Crippen molar-refractivity contribution in [2.75, 3.05) is 36.2 Å². The second-order valence-electron chi connectivity index (χ2n) is 16.0. The van der Waals surface area contributed by atoms with Gasteiger partial charge in [-0.05, 0) is 71.3 Å². The Morgan fingerprint density at radius 1 is 0.967 bits per heavy atom. The fraction of sp³-hybridized carbons (Fsp3) is 0.283. The van der Waals surface area contributed by atoms with Crippen LogP contribution in [0.3, 0.4) is 0 Å². The highest BCUT2D eigenvalue weighted by atomic mass is 28.3. The summed E-state index contributed by atoms with van der Waals surface area (Å²) in [4.78, 5) is 57.6. The molecule has 0 radical (unpaired) electrons. The summed E-state index contributed by atoms with van der Waals surface area (Å²) in [6, 6.07) is 35.5. The third kappa shape index (κ3) is 8.00. The Hall–Kier alpha value is -6.35. The average Bonchev–Trinajstić information content (AvgIpc) is 3.67. The SMILES string of the molecule is COc1ccc([Si](C)(C)[C@H]2[C@H](CC(=O)N(CCO)Cc3ccccc3)O[C@@]3(C(=O)N(Cc4ccc(NC(=O)c5ccc(N)cc5)cc4)c4ccc([N+](=O)[O-])cc43)[C@@H]2C)cc1. The number of benzene rings is 5. The molecule has 60 heavy (non-hydrogen) atoms. The number of nitrogens with two attached hydrogens (primary N) is 1. The monoisotopic (exact) mass is 827 g/mol. The zero-order chi connectivity index (χ0) is 42.8. The molecule has 14 heteroatoms. The Morgan fingerprint density at radius 2 is 1.65 bits per heavy atom. The van der Waals surface area contributed by atoms with Gasteiger partial charge in [-0.2, -0.15) is 0 Å². The van der Waals surface area contributed by atoms with Crippen molar-refractivity contribution in [2.45, 2.75) is 56.8 Å². The number of anilines is 3. The number of ether oxygens (including phenoxy) is 2. The molecule has 0 aromatic heterocycles. The van der Waals surface area contributed by atoms with Gasteiger partial charge in [-0.3, -0.25) is 24.5 Å². The number of aliphatic hydroxyl groups is 1. The maximum Gasteiger partial charge on any atom is 0.269 e. The van der Waals surface area contributed by atoms with Crippen molar-refractivity contribution in [3.8, 4) is 5.75 Å². The van der Waals surface area contributed by atoms with Gasteiger partial charge in [0.15, 0.2) is 5.60 Å². The molecule has 1 fully saturated rings. The summed E-state index contributed by atoms with van der Waals surface area (Å²) in [5.41, 5.74) is 7.70. The summed E-state index contributed by atoms with van der Waals surface area (Å²) >= 11 is 0. The minimum absolute atomic E-state index is 0.0722. The molecule has 13 nitrogen and oxygen atoms in total. The maximum atomic E-state index is 15.3. The molecule has 5 aromatic rings. The minimum Gasteiger partial charge on any atom is -0.497 e. The first-order valence-electron chi connectivity index (χ1n) is 19.9. The summed E-state index contributed by atoms with van der Waals surface area (Å²) in [6.45, 7) is 6.63. The molecule has 1 saturated heterocycles. The molecule has 2 heterocycles. The largest absolute Gasteiger partial charge is 0.497 e. The van der Waals surface area contributed by atoms with Gasteiger partial charge in [-0.15, -0.1) is 0 Å². The van der Waals surface area contributed by atoms with Crippen molar-refractivity contribution in [3.05, 3.63) is 154 Å². The number of nitrogens with one attached hydrogen (secondary N) is 1. The van der Waals surface area contributed by atoms with Crippen LogP contribution in [-0.2, 0) is 33.0 Å². The summed E-state index contributed by atoms with van der Waals surface area (Å²) in [7, 11) is -1.07. The van der Waals surface area contributed by atoms with E-state index in [1.54, 1.807) is 59.4 Å². The average molecular weight is 828 g/mol. The van der Waals surface area contributed by atoms with E-state index in [4.69, 9.17) is 15.2 Å². The molecule has 0 unspecified atom stereocenters. The fourth-order valence-corrected chi connectivity index (χ4v) is 13.0. The number of methoxy groups -OCH3 is 1. The molecule has 4 N–H and O–H groups in total. The van der Waals surface area contributed by atoms with Crippen LogP contribution in [0.1, 0.15) is 40.4 Å². The molecule has 2 aliphatic rings. The highest BCUT2D eigenvalue weighted by molar-refractivity contribution is 6.91. The highest BCUT2D eigenvalue weighted by Gasteiger charge is 2.66. The van der Waals surface area contributed by atoms with Gasteiger partial charge in [0.25, 0.3) is 17.5 Å². The van der Waals surface area contributed by atoms with Crippen molar-refractivity contribution in [1.82, 2.24) is 4.90 Å². The van der Waals surface area contributed by atoms with E-state index >= 15 is 4.79 Å². The maximum absolute atomic E-state index is 15.3. The van der Waals surface area contributed by atoms with Gasteiger partial charge in [0, 0.05) is 53.6 Å². The number of carbonyl (C=O) groups excluding carboxylic acids is 3. The fourth-order valence-electron chi connectivity index (χ4n) is 9.00. The third-order valence-electron chi connectivity index (χ3n) is 12.1. The molecular weight excluding hydrogens is 779 g/mol. The number of aliphatic hydroxyl groups excluding tert-OH is 1. The number of nitro groups is 1. The normalized spacial score (nSPS) is 19.6. The van der Waals surface area contributed by atoms with Crippen LogP contribution in [0.2, 0.25) is 18.6 Å². The predicted octanol–water partition coefficient (Wildman–Crippen LogP) is 6.61. The standard InChI is InChI=1S/C46H49N5O8Si/c1-30-43(60(3,4)38-21-19-37(58-2)20-22-38)41(27-42(53)49(24-25-52)28-31-8-6-5-7-9-31)59-46(30)39-26-36(51(56)57)18-23-40(39)50(45(46)55)29-32-10-16-35(17-11-32)48-44(54)33-12-14-34(47)15-13-33/h5-23,26,30,41,43,52H,24-25,27-29,47H2,1-4H3,(H,48,54)/t30-,41+,43-,46+/m1/s1. The predicted molar refractivity (Wildman–Crippen MR) is 233 cm³/mol. The Bertz CT molecular complexity index is 2380. The number of carbonyl (C=O) groups is 3. The molecule has 0 aliphatic carbocycles. The van der Waals surface area contributed by atoms with Gasteiger partial charge < -0.3 is 35.4 Å². The highest BCUT2D eigenvalue weighted by Crippen LogP contribution is 2.60. The summed E-state index contributed by atoms with van der Waals surface area (Å²) in [6.07, 6.45) is -0.828. The number of nitrogens with zero attached hydrogens (tertiary/aromatic N) is 3. The molecule has 1 spiro atoms. The lowest BCUT2D eigenvalue weighted by Crippen LogP contribution is -2.52. The Balaban J connectivity index is 1.25. The zero-order valence-electron chi connectivity index (χ0n) is 34.0. The van der Waals surface area contributed by atoms with E-state index in [0.717, 1.165) is 16.3 Å². The lowest BCUT2D eigenvalue weighted by Gasteiger charge is -2.37. The van der Waals surface area contributed by atoms with E-state index in [0.29, 0.717) is 33.9 Å². The number of nitro benzene ring substituents is 1. The number of nitrogen functional groups attached to an aromatic ring is 1. The number of non-ortho nitro benzene ring substituents is 1. The summed E-state index contributed by atoms with van der Waals surface area (Å²) in [5, 5.41) is 26.2. The van der Waals surface area contributed by atoms with Crippen molar-refractivity contribution in [3.63, 3.8) is 0 Å². The van der Waals surface area contributed by atoms with E-state index in [1.165, 1.54) is 12.1 Å². The van der Waals surface area contributed by atoms with Gasteiger partial charge >= 0.3 is 0 Å². The Kier molecular flexibility index (Phi) is 11.9. The Morgan fingerprint density at radius 3 is 2.28 bits per heavy atom.